The molecule has 23 aromatic carbocycles. The molecule has 0 saturated heterocycles. The predicted molar refractivity (Wildman–Crippen MR) is 601 cm³/mol. The van der Waals surface area contributed by atoms with Crippen molar-refractivity contribution in [3.63, 3.8) is 0 Å². The summed E-state index contributed by atoms with van der Waals surface area (Å²) in [6.07, 6.45) is 6.76. The molecule has 0 radical (unpaired) electrons. The molecule has 31 aromatic rings. The number of para-hydroxylation sites is 6. The van der Waals surface area contributed by atoms with Crippen LogP contribution < -0.4 is 47.7 Å². The van der Waals surface area contributed by atoms with E-state index in [1.807, 2.05) is 146 Å². The highest BCUT2D eigenvalue weighted by Gasteiger charge is 2.37. The molecule has 0 aliphatic carbocycles. The molecule has 143 heavy (non-hydrogen) atoms. The Kier molecular flexibility index (Phi) is 18.4. The summed E-state index contributed by atoms with van der Waals surface area (Å²) in [4.78, 5) is 28.6. The Labute approximate surface area is 816 Å². The average molecular weight is 1880 g/mol. The van der Waals surface area contributed by atoms with E-state index < -0.39 is 21.4 Å². The summed E-state index contributed by atoms with van der Waals surface area (Å²) in [5, 5.41) is 38.6. The molecule has 668 valence electrons. The van der Waals surface area contributed by atoms with Gasteiger partial charge in [0, 0.05) is 104 Å². The zero-order valence-electron chi connectivity index (χ0n) is 76.6. The summed E-state index contributed by atoms with van der Waals surface area (Å²) >= 11 is 0. The van der Waals surface area contributed by atoms with Crippen LogP contribution in [0, 0.1) is 0 Å². The van der Waals surface area contributed by atoms with Crippen LogP contribution in [0.4, 0.5) is 0 Å². The molecule has 0 fully saturated rings. The van der Waals surface area contributed by atoms with Crippen LogP contribution in [0.3, 0.4) is 0 Å². The predicted octanol–water partition coefficient (Wildman–Crippen LogP) is 28.5. The third kappa shape index (κ3) is 12.4. The second-order valence-electron chi connectivity index (χ2n) is 37.3. The van der Waals surface area contributed by atoms with Gasteiger partial charge in [0.1, 0.15) is 23.3 Å². The summed E-state index contributed by atoms with van der Waals surface area (Å²) in [6.45, 7) is 0. The number of imidazole rings is 3. The molecule has 3 unspecified atom stereocenters. The number of hydrogen-bond acceptors (Lipinski definition) is 9. The third-order valence-electron chi connectivity index (χ3n) is 29.7. The normalized spacial score (nSPS) is 13.4. The fourth-order valence-electron chi connectivity index (χ4n) is 23.2. The minimum atomic E-state index is -3.45. The van der Waals surface area contributed by atoms with Gasteiger partial charge in [-0.3, -0.25) is 18.2 Å². The molecular weight excluding hydrogens is 1800 g/mol. The smallest absolute Gasteiger partial charge is 0.172 e. The largest absolute Gasteiger partial charge is 0.309 e. The molecule has 8 heterocycles. The minimum Gasteiger partial charge on any atom is -0.309 e. The fraction of sp³-hybridized carbons (Fsp3) is 0. The van der Waals surface area contributed by atoms with E-state index in [0.29, 0.717) is 0 Å². The number of rotatable bonds is 9. The lowest BCUT2D eigenvalue weighted by molar-refractivity contribution is 0.591. The van der Waals surface area contributed by atoms with Crippen molar-refractivity contribution in [3.8, 4) is 0 Å². The van der Waals surface area contributed by atoms with Crippen molar-refractivity contribution in [3.05, 3.63) is 474 Å². The Bertz CT molecular complexity index is 11000. The molecule has 3 atom stereocenters. The molecule has 15 heteroatoms. The maximum atomic E-state index is 16.7. The van der Waals surface area contributed by atoms with Crippen LogP contribution in [-0.4, -0.2) is 43.1 Å². The van der Waals surface area contributed by atoms with Gasteiger partial charge in [0.2, 0.25) is 0 Å². The molecule has 0 spiro atoms. The first-order chi connectivity index (χ1) is 70.5. The number of aromatic nitrogens is 9. The van der Waals surface area contributed by atoms with Gasteiger partial charge in [-0.1, -0.05) is 340 Å². The molecule has 0 aliphatic heterocycles. The summed E-state index contributed by atoms with van der Waals surface area (Å²) in [5.41, 5.74) is 12.9. The molecule has 8 aromatic heterocycles. The summed E-state index contributed by atoms with van der Waals surface area (Å²) in [5.74, 6) is 0. The Morgan fingerprint density at radius 2 is 0.538 bits per heavy atom. The van der Waals surface area contributed by atoms with Gasteiger partial charge in [0.05, 0.1) is 55.2 Å². The Morgan fingerprint density at radius 3 is 1.08 bits per heavy atom. The SMILES string of the molecule is O=P(c1ccccc1)(c1ccc2c(ccc3c4cc5ccccc5cc4n4c5ccccc5nc4c23)c1)c1ccc2cncnc2c1.O=P(c1ccccc1)(c1cccc2c1ccc1c3cc4ccccc4cc3n3c4ccccc4nc3c21)c1ccc2ccc3cccc4ccc1c2c34.O=P(c1ccccc1)(c1ccncc1)c1ccc2ccc3c4cc5ccccc5cc4n4c5ccccc5nc4c3c2c1. The molecule has 0 amide bonds. The van der Waals surface area contributed by atoms with Crippen molar-refractivity contribution in [1.82, 2.24) is 43.1 Å². The molecule has 0 aliphatic rings. The van der Waals surface area contributed by atoms with E-state index in [1.165, 1.54) is 71.0 Å². The van der Waals surface area contributed by atoms with Crippen molar-refractivity contribution in [2.45, 2.75) is 0 Å². The standard InChI is InChI=1S/C49H29N2OP.C41H25N4OP.C38H24N3OP/c52-53(35-14-2-1-3-15-35,45-27-23-32-21-20-30-12-8-13-31-22-24-39(45)47(32)46(30)31)44-19-9-16-37-36(44)25-26-38-40-28-33-10-4-5-11-34(33)29-43(40)51-42-18-7-6-17-41(42)50-49(51)48(37)38;46-47(30-10-2-1-3-11-30,32-16-14-29-24-42-25-43-37(29)23-32)31-17-19-33-28(20-31)15-18-34-35-21-26-8-4-5-9-27(26)22-39(35)45-38-13-7-6-12-36(38)44-41(45)40(33)34;42-43(28-10-2-1-3-11-28,29-18-20-39-21-19-29)30-16-14-25-15-17-31-33-22-26-8-4-5-9-27(26)23-36(33)41-35-13-7-6-12-34(35)40-38(41)37(31)32(25)24-30/h1-29H;1-25H;1-24H. The maximum absolute atomic E-state index is 16.7. The van der Waals surface area contributed by atoms with Crippen LogP contribution in [0.15, 0.2) is 474 Å². The average Bonchev–Trinajstić information content (AvgIpc) is 1.70. The van der Waals surface area contributed by atoms with Crippen LogP contribution in [0.1, 0.15) is 0 Å². The first-order valence-corrected chi connectivity index (χ1v) is 53.2. The quantitative estimate of drug-likeness (QED) is 0.0784. The highest BCUT2D eigenvalue weighted by Crippen LogP contribution is 2.53. The van der Waals surface area contributed by atoms with Crippen LogP contribution in [0.5, 0.6) is 0 Å². The van der Waals surface area contributed by atoms with Gasteiger partial charge in [0.25, 0.3) is 0 Å². The van der Waals surface area contributed by atoms with Gasteiger partial charge in [-0.15, -0.1) is 0 Å². The zero-order valence-corrected chi connectivity index (χ0v) is 79.3. The highest BCUT2D eigenvalue weighted by molar-refractivity contribution is 7.86. The van der Waals surface area contributed by atoms with Gasteiger partial charge >= 0.3 is 0 Å². The van der Waals surface area contributed by atoms with E-state index in [4.69, 9.17) is 15.0 Å². The molecular formula is C128H78N9O3P3. The van der Waals surface area contributed by atoms with E-state index in [-0.39, 0.29) is 0 Å². The summed E-state index contributed by atoms with van der Waals surface area (Å²) in [7, 11) is -9.92. The molecule has 0 bridgehead atoms. The summed E-state index contributed by atoms with van der Waals surface area (Å²) in [6, 6.07) is 155. The van der Waals surface area contributed by atoms with Crippen LogP contribution in [0.25, 0.3) is 223 Å². The second kappa shape index (κ2) is 31.9. The second-order valence-corrected chi connectivity index (χ2v) is 45.6. The van der Waals surface area contributed by atoms with Crippen molar-refractivity contribution < 1.29 is 13.7 Å². The van der Waals surface area contributed by atoms with Gasteiger partial charge in [0.15, 0.2) is 21.4 Å². The minimum absolute atomic E-state index is 0.745. The van der Waals surface area contributed by atoms with E-state index >= 15 is 13.7 Å². The fourth-order valence-corrected chi connectivity index (χ4v) is 31.5. The van der Waals surface area contributed by atoms with Crippen LogP contribution in [0.2, 0.25) is 0 Å². The lowest BCUT2D eigenvalue weighted by atomic mass is 9.94. The van der Waals surface area contributed by atoms with Crippen molar-refractivity contribution >= 4 is 292 Å². The van der Waals surface area contributed by atoms with Crippen LogP contribution in [-0.2, 0) is 13.7 Å². The zero-order chi connectivity index (χ0) is 94.5. The van der Waals surface area contributed by atoms with Gasteiger partial charge < -0.3 is 13.7 Å². The van der Waals surface area contributed by atoms with E-state index in [1.54, 1.807) is 18.6 Å². The Balaban J connectivity index is 0.000000103. The molecule has 0 saturated carbocycles. The number of hydrogen-bond donors (Lipinski definition) is 0. The Hall–Kier alpha value is -17.8. The topological polar surface area (TPSA) is 142 Å². The molecule has 12 nitrogen and oxygen atoms in total. The monoisotopic (exact) mass is 1880 g/mol. The summed E-state index contributed by atoms with van der Waals surface area (Å²) < 4.78 is 54.4. The van der Waals surface area contributed by atoms with E-state index in [2.05, 4.69) is 331 Å². The highest BCUT2D eigenvalue weighted by atomic mass is 31.2. The number of nitrogens with zero attached hydrogens (tertiary/aromatic N) is 9. The number of benzene rings is 23. The lowest BCUT2D eigenvalue weighted by Crippen LogP contribution is -2.26. The van der Waals surface area contributed by atoms with Crippen molar-refractivity contribution in [2.75, 3.05) is 0 Å². The third-order valence-corrected chi connectivity index (χ3v) is 39.0. The van der Waals surface area contributed by atoms with Crippen molar-refractivity contribution in [1.29, 1.82) is 0 Å². The first kappa shape index (κ1) is 82.3. The Morgan fingerprint density at radius 1 is 0.182 bits per heavy atom. The van der Waals surface area contributed by atoms with Gasteiger partial charge in [-0.2, -0.15) is 0 Å². The lowest BCUT2D eigenvalue weighted by Gasteiger charge is -2.25. The maximum Gasteiger partial charge on any atom is 0.172 e. The van der Waals surface area contributed by atoms with E-state index in [0.717, 1.165) is 206 Å². The first-order valence-electron chi connectivity index (χ1n) is 48.0. The van der Waals surface area contributed by atoms with E-state index in [9.17, 15) is 0 Å². The number of fused-ring (bicyclic) bond motifs is 34. The number of pyridine rings is 4. The van der Waals surface area contributed by atoms with Gasteiger partial charge in [-0.05, 0) is 222 Å². The van der Waals surface area contributed by atoms with Gasteiger partial charge in [-0.25, -0.2) is 24.9 Å². The van der Waals surface area contributed by atoms with Crippen LogP contribution >= 0.6 is 21.4 Å². The molecule has 31 rings (SSSR count). The molecule has 0 N–H and O–H groups in total. The van der Waals surface area contributed by atoms with Crippen molar-refractivity contribution in [2.24, 2.45) is 0 Å².